The summed E-state index contributed by atoms with van der Waals surface area (Å²) in [5.41, 5.74) is -2.09. The molecule has 1 heterocycles. The molecule has 0 radical (unpaired) electrons. The largest absolute Gasteiger partial charge is 0.477 e. The molecule has 0 bridgehead atoms. The van der Waals surface area contributed by atoms with Gasteiger partial charge in [-0.25, -0.2) is 14.6 Å². The average Bonchev–Trinajstić information content (AvgIpc) is 2.83. The van der Waals surface area contributed by atoms with Crippen molar-refractivity contribution >= 4 is 11.9 Å². The second-order valence-electron chi connectivity index (χ2n) is 3.99. The van der Waals surface area contributed by atoms with Crippen LogP contribution in [0.5, 0.6) is 0 Å². The number of imidazole rings is 1. The summed E-state index contributed by atoms with van der Waals surface area (Å²) in [4.78, 5) is 27.6. The molecule has 0 atom stereocenters. The Morgan fingerprint density at radius 3 is 2.00 bits per heavy atom. The van der Waals surface area contributed by atoms with Crippen LogP contribution in [0.15, 0.2) is 24.3 Å². The molecule has 9 heteroatoms. The SMILES string of the molecule is O=C(O)c1nc(-c2ccc(C(F)(F)F)cc2)[nH]c1C(=O)O. The molecule has 0 saturated heterocycles. The Balaban J connectivity index is 2.45. The number of hydrogen-bond donors (Lipinski definition) is 3. The first-order chi connectivity index (χ1) is 9.70. The first-order valence-corrected chi connectivity index (χ1v) is 5.44. The molecule has 0 aliphatic rings. The topological polar surface area (TPSA) is 103 Å². The lowest BCUT2D eigenvalue weighted by molar-refractivity contribution is -0.137. The van der Waals surface area contributed by atoms with Crippen LogP contribution in [-0.2, 0) is 6.18 Å². The van der Waals surface area contributed by atoms with Crippen molar-refractivity contribution in [3.8, 4) is 11.4 Å². The normalized spacial score (nSPS) is 11.4. The third-order valence-corrected chi connectivity index (χ3v) is 2.61. The van der Waals surface area contributed by atoms with Crippen LogP contribution in [0.2, 0.25) is 0 Å². The number of halogens is 3. The molecular weight excluding hydrogens is 293 g/mol. The molecule has 21 heavy (non-hydrogen) atoms. The summed E-state index contributed by atoms with van der Waals surface area (Å²) >= 11 is 0. The van der Waals surface area contributed by atoms with Crippen molar-refractivity contribution in [2.24, 2.45) is 0 Å². The summed E-state index contributed by atoms with van der Waals surface area (Å²) < 4.78 is 37.3. The predicted octanol–water partition coefficient (Wildman–Crippen LogP) is 2.49. The number of nitrogens with one attached hydrogen (secondary N) is 1. The number of hydrogen-bond acceptors (Lipinski definition) is 3. The Morgan fingerprint density at radius 1 is 1.05 bits per heavy atom. The molecular formula is C12H7F3N2O4. The second-order valence-corrected chi connectivity index (χ2v) is 3.99. The molecule has 0 aliphatic heterocycles. The van der Waals surface area contributed by atoms with E-state index < -0.39 is 35.1 Å². The van der Waals surface area contributed by atoms with Gasteiger partial charge in [-0.1, -0.05) is 12.1 Å². The average molecular weight is 300 g/mol. The number of carboxylic acid groups (broad SMARTS) is 2. The van der Waals surface area contributed by atoms with Gasteiger partial charge in [0.15, 0.2) is 11.4 Å². The summed E-state index contributed by atoms with van der Waals surface area (Å²) in [5.74, 6) is -3.22. The summed E-state index contributed by atoms with van der Waals surface area (Å²) in [6.07, 6.45) is -4.50. The molecule has 0 fully saturated rings. The molecule has 0 saturated carbocycles. The van der Waals surface area contributed by atoms with Gasteiger partial charge in [0.25, 0.3) is 0 Å². The summed E-state index contributed by atoms with van der Waals surface area (Å²) in [6.45, 7) is 0. The minimum absolute atomic E-state index is 0.137. The third-order valence-electron chi connectivity index (χ3n) is 2.61. The molecule has 3 N–H and O–H groups in total. The maximum atomic E-state index is 12.4. The van der Waals surface area contributed by atoms with E-state index in [0.29, 0.717) is 0 Å². The van der Waals surface area contributed by atoms with Crippen molar-refractivity contribution in [1.82, 2.24) is 9.97 Å². The highest BCUT2D eigenvalue weighted by atomic mass is 19.4. The Labute approximate surface area is 114 Å². The van der Waals surface area contributed by atoms with Crippen LogP contribution in [0.1, 0.15) is 26.5 Å². The van der Waals surface area contributed by atoms with E-state index in [4.69, 9.17) is 10.2 Å². The van der Waals surface area contributed by atoms with E-state index in [1.165, 1.54) is 0 Å². The highest BCUT2D eigenvalue weighted by molar-refractivity contribution is 5.99. The summed E-state index contributed by atoms with van der Waals surface area (Å²) in [7, 11) is 0. The number of nitrogens with zero attached hydrogens (tertiary/aromatic N) is 1. The third kappa shape index (κ3) is 2.86. The molecule has 0 amide bonds. The van der Waals surface area contributed by atoms with Gasteiger partial charge < -0.3 is 15.2 Å². The van der Waals surface area contributed by atoms with Crippen LogP contribution in [0.4, 0.5) is 13.2 Å². The van der Waals surface area contributed by atoms with Gasteiger partial charge in [-0.15, -0.1) is 0 Å². The van der Waals surface area contributed by atoms with Crippen LogP contribution >= 0.6 is 0 Å². The van der Waals surface area contributed by atoms with Crippen LogP contribution in [0.25, 0.3) is 11.4 Å². The Morgan fingerprint density at radius 2 is 1.62 bits per heavy atom. The van der Waals surface area contributed by atoms with E-state index in [0.717, 1.165) is 24.3 Å². The van der Waals surface area contributed by atoms with E-state index in [2.05, 4.69) is 9.97 Å². The first-order valence-electron chi connectivity index (χ1n) is 5.44. The lowest BCUT2D eigenvalue weighted by Crippen LogP contribution is -2.07. The van der Waals surface area contributed by atoms with Crippen LogP contribution in [0, 0.1) is 0 Å². The number of rotatable bonds is 3. The molecule has 1 aromatic heterocycles. The zero-order chi connectivity index (χ0) is 15.8. The number of carboxylic acids is 2. The molecule has 0 aliphatic carbocycles. The van der Waals surface area contributed by atoms with Gasteiger partial charge >= 0.3 is 18.1 Å². The van der Waals surface area contributed by atoms with Crippen molar-refractivity contribution in [1.29, 1.82) is 0 Å². The predicted molar refractivity (Wildman–Crippen MR) is 62.9 cm³/mol. The minimum Gasteiger partial charge on any atom is -0.477 e. The monoisotopic (exact) mass is 300 g/mol. The molecule has 2 aromatic rings. The van der Waals surface area contributed by atoms with Crippen LogP contribution in [0.3, 0.4) is 0 Å². The Hall–Kier alpha value is -2.84. The second kappa shape index (κ2) is 4.93. The van der Waals surface area contributed by atoms with Gasteiger partial charge in [0.1, 0.15) is 5.82 Å². The smallest absolute Gasteiger partial charge is 0.416 e. The lowest BCUT2D eigenvalue weighted by Gasteiger charge is -2.06. The van der Waals surface area contributed by atoms with E-state index in [-0.39, 0.29) is 11.4 Å². The molecule has 110 valence electrons. The van der Waals surface area contributed by atoms with Gasteiger partial charge in [-0.05, 0) is 12.1 Å². The Bertz CT molecular complexity index is 673. The Kier molecular flexibility index (Phi) is 3.42. The summed E-state index contributed by atoms with van der Waals surface area (Å²) in [5, 5.41) is 17.7. The number of aromatic amines is 1. The van der Waals surface area contributed by atoms with Gasteiger partial charge in [0.05, 0.1) is 5.56 Å². The van der Waals surface area contributed by atoms with Crippen molar-refractivity contribution in [3.05, 3.63) is 41.2 Å². The van der Waals surface area contributed by atoms with Crippen molar-refractivity contribution in [2.75, 3.05) is 0 Å². The van der Waals surface area contributed by atoms with E-state index >= 15 is 0 Å². The fourth-order valence-corrected chi connectivity index (χ4v) is 1.64. The maximum absolute atomic E-state index is 12.4. The van der Waals surface area contributed by atoms with E-state index in [1.54, 1.807) is 0 Å². The maximum Gasteiger partial charge on any atom is 0.416 e. The van der Waals surface area contributed by atoms with Crippen LogP contribution in [-0.4, -0.2) is 32.1 Å². The fraction of sp³-hybridized carbons (Fsp3) is 0.0833. The highest BCUT2D eigenvalue weighted by Gasteiger charge is 2.30. The number of benzene rings is 1. The molecule has 6 nitrogen and oxygen atoms in total. The standard InChI is InChI=1S/C12H7F3N2O4/c13-12(14,15)6-3-1-5(2-4-6)9-16-7(10(18)19)8(17-9)11(20)21/h1-4H,(H,16,17)(H,18,19)(H,20,21). The van der Waals surface area contributed by atoms with Gasteiger partial charge in [0.2, 0.25) is 0 Å². The quantitative estimate of drug-likeness (QED) is 0.808. The number of aromatic carboxylic acids is 2. The number of H-pyrrole nitrogens is 1. The molecule has 1 aromatic carbocycles. The van der Waals surface area contributed by atoms with Gasteiger partial charge in [0, 0.05) is 5.56 Å². The molecule has 0 unspecified atom stereocenters. The zero-order valence-electron chi connectivity index (χ0n) is 10.1. The fourth-order valence-electron chi connectivity index (χ4n) is 1.64. The molecule has 2 rings (SSSR count). The summed E-state index contributed by atoms with van der Waals surface area (Å²) in [6, 6.07) is 3.72. The van der Waals surface area contributed by atoms with E-state index in [9.17, 15) is 22.8 Å². The minimum atomic E-state index is -4.50. The molecule has 0 spiro atoms. The van der Waals surface area contributed by atoms with Crippen molar-refractivity contribution < 1.29 is 33.0 Å². The number of aromatic nitrogens is 2. The van der Waals surface area contributed by atoms with Gasteiger partial charge in [-0.2, -0.15) is 13.2 Å². The van der Waals surface area contributed by atoms with Crippen molar-refractivity contribution in [3.63, 3.8) is 0 Å². The van der Waals surface area contributed by atoms with E-state index in [1.807, 2.05) is 0 Å². The lowest BCUT2D eigenvalue weighted by atomic mass is 10.1. The van der Waals surface area contributed by atoms with Gasteiger partial charge in [-0.3, -0.25) is 0 Å². The first kappa shape index (κ1) is 14.6. The highest BCUT2D eigenvalue weighted by Crippen LogP contribution is 2.30. The number of alkyl halides is 3. The number of carbonyl (C=O) groups is 2. The zero-order valence-corrected chi connectivity index (χ0v) is 10.1. The van der Waals surface area contributed by atoms with Crippen LogP contribution < -0.4 is 0 Å². The van der Waals surface area contributed by atoms with Crippen molar-refractivity contribution in [2.45, 2.75) is 6.18 Å².